The van der Waals surface area contributed by atoms with Crippen molar-refractivity contribution in [1.82, 2.24) is 0 Å². The van der Waals surface area contributed by atoms with Crippen molar-refractivity contribution < 1.29 is 23.9 Å². The third kappa shape index (κ3) is 5.95. The van der Waals surface area contributed by atoms with Crippen LogP contribution in [0.25, 0.3) is 0 Å². The number of hydrogen-bond donors (Lipinski definition) is 2. The number of methoxy groups -OCH3 is 1. The SMILES string of the molecule is COC(=O)c1c(NC(=O)COc2ccc(Cl)cc2C)sc(C(=O)Nc2cc(C)cc(C)c2)c1C. The molecule has 1 heterocycles. The smallest absolute Gasteiger partial charge is 0.341 e. The molecule has 3 rings (SSSR count). The minimum atomic E-state index is -0.649. The monoisotopic (exact) mass is 500 g/mol. The molecule has 0 saturated heterocycles. The maximum atomic E-state index is 13.0. The highest BCUT2D eigenvalue weighted by molar-refractivity contribution is 7.19. The molecule has 0 fully saturated rings. The average Bonchev–Trinajstić information content (AvgIpc) is 3.07. The molecule has 0 unspecified atom stereocenters. The Morgan fingerprint density at radius 2 is 1.65 bits per heavy atom. The number of carbonyl (C=O) groups is 3. The van der Waals surface area contributed by atoms with E-state index in [4.69, 9.17) is 21.1 Å². The highest BCUT2D eigenvalue weighted by Gasteiger charge is 2.26. The first kappa shape index (κ1) is 25.3. The molecule has 7 nitrogen and oxygen atoms in total. The van der Waals surface area contributed by atoms with Crippen molar-refractivity contribution in [2.45, 2.75) is 27.7 Å². The van der Waals surface area contributed by atoms with E-state index in [9.17, 15) is 14.4 Å². The molecular formula is C25H25ClN2O5S. The Hall–Kier alpha value is -3.36. The summed E-state index contributed by atoms with van der Waals surface area (Å²) in [5.74, 6) is -0.999. The molecule has 178 valence electrons. The van der Waals surface area contributed by atoms with E-state index in [0.717, 1.165) is 28.0 Å². The molecule has 0 bridgehead atoms. The summed E-state index contributed by atoms with van der Waals surface area (Å²) in [5, 5.41) is 6.32. The summed E-state index contributed by atoms with van der Waals surface area (Å²) in [6, 6.07) is 10.8. The first-order chi connectivity index (χ1) is 16.1. The summed E-state index contributed by atoms with van der Waals surface area (Å²) in [7, 11) is 1.24. The Morgan fingerprint density at radius 1 is 0.971 bits per heavy atom. The number of thiophene rings is 1. The second-order valence-electron chi connectivity index (χ2n) is 7.83. The molecule has 0 saturated carbocycles. The van der Waals surface area contributed by atoms with Crippen LogP contribution in [0.2, 0.25) is 5.02 Å². The summed E-state index contributed by atoms with van der Waals surface area (Å²) < 4.78 is 10.5. The summed E-state index contributed by atoms with van der Waals surface area (Å²) in [4.78, 5) is 38.3. The minimum Gasteiger partial charge on any atom is -0.483 e. The van der Waals surface area contributed by atoms with Crippen LogP contribution < -0.4 is 15.4 Å². The van der Waals surface area contributed by atoms with Crippen molar-refractivity contribution in [3.63, 3.8) is 0 Å². The van der Waals surface area contributed by atoms with Crippen LogP contribution >= 0.6 is 22.9 Å². The van der Waals surface area contributed by atoms with E-state index in [0.29, 0.717) is 26.9 Å². The number of aryl methyl sites for hydroxylation is 3. The Kier molecular flexibility index (Phi) is 7.96. The van der Waals surface area contributed by atoms with E-state index >= 15 is 0 Å². The highest BCUT2D eigenvalue weighted by Crippen LogP contribution is 2.34. The molecule has 9 heteroatoms. The molecule has 2 N–H and O–H groups in total. The van der Waals surface area contributed by atoms with E-state index < -0.39 is 11.9 Å². The van der Waals surface area contributed by atoms with E-state index in [2.05, 4.69) is 10.6 Å². The molecule has 2 aromatic carbocycles. The van der Waals surface area contributed by atoms with Gasteiger partial charge in [0.25, 0.3) is 11.8 Å². The Bertz CT molecular complexity index is 1250. The fraction of sp³-hybridized carbons (Fsp3) is 0.240. The van der Waals surface area contributed by atoms with Crippen LogP contribution in [0.15, 0.2) is 36.4 Å². The molecule has 34 heavy (non-hydrogen) atoms. The van der Waals surface area contributed by atoms with Crippen molar-refractivity contribution in [2.24, 2.45) is 0 Å². The van der Waals surface area contributed by atoms with Gasteiger partial charge in [0.15, 0.2) is 6.61 Å². The van der Waals surface area contributed by atoms with Gasteiger partial charge in [0.05, 0.1) is 17.6 Å². The Labute approximate surface area is 207 Å². The zero-order valence-corrected chi connectivity index (χ0v) is 21.1. The summed E-state index contributed by atoms with van der Waals surface area (Å²) in [6.45, 7) is 7.05. The molecule has 0 aliphatic heterocycles. The van der Waals surface area contributed by atoms with Crippen molar-refractivity contribution in [3.05, 3.63) is 74.1 Å². The molecule has 0 aliphatic carbocycles. The number of ether oxygens (including phenoxy) is 2. The number of carbonyl (C=O) groups excluding carboxylic acids is 3. The minimum absolute atomic E-state index is 0.133. The number of esters is 1. The fourth-order valence-corrected chi connectivity index (χ4v) is 4.81. The summed E-state index contributed by atoms with van der Waals surface area (Å²) in [5.41, 5.74) is 4.01. The molecule has 0 atom stereocenters. The lowest BCUT2D eigenvalue weighted by Gasteiger charge is -2.10. The first-order valence-corrected chi connectivity index (χ1v) is 11.6. The van der Waals surface area contributed by atoms with Gasteiger partial charge in [-0.15, -0.1) is 11.3 Å². The Balaban J connectivity index is 1.81. The van der Waals surface area contributed by atoms with Gasteiger partial charge in [-0.25, -0.2) is 4.79 Å². The number of anilines is 2. The molecule has 0 spiro atoms. The van der Waals surface area contributed by atoms with Gasteiger partial charge in [0.2, 0.25) is 0 Å². The van der Waals surface area contributed by atoms with Gasteiger partial charge < -0.3 is 20.1 Å². The number of amides is 2. The van der Waals surface area contributed by atoms with Crippen LogP contribution in [0.5, 0.6) is 5.75 Å². The van der Waals surface area contributed by atoms with Crippen LogP contribution in [-0.2, 0) is 9.53 Å². The molecule has 0 aliphatic rings. The Morgan fingerprint density at radius 3 is 2.26 bits per heavy atom. The largest absolute Gasteiger partial charge is 0.483 e. The second kappa shape index (κ2) is 10.7. The van der Waals surface area contributed by atoms with Crippen molar-refractivity contribution >= 4 is 51.4 Å². The van der Waals surface area contributed by atoms with Gasteiger partial charge in [0, 0.05) is 10.7 Å². The molecular weight excluding hydrogens is 476 g/mol. The van der Waals surface area contributed by atoms with Gasteiger partial charge in [-0.2, -0.15) is 0 Å². The predicted molar refractivity (Wildman–Crippen MR) is 135 cm³/mol. The van der Waals surface area contributed by atoms with Crippen molar-refractivity contribution in [1.29, 1.82) is 0 Å². The first-order valence-electron chi connectivity index (χ1n) is 10.4. The standard InChI is InChI=1S/C25H25ClN2O5S/c1-13-8-14(2)10-18(9-13)27-23(30)22-16(4)21(25(31)32-5)24(34-22)28-20(29)12-33-19-7-6-17(26)11-15(19)3/h6-11H,12H2,1-5H3,(H,27,30)(H,28,29). The van der Waals surface area contributed by atoms with Crippen molar-refractivity contribution in [3.8, 4) is 5.75 Å². The number of rotatable bonds is 7. The van der Waals surface area contributed by atoms with E-state index in [1.807, 2.05) is 39.0 Å². The lowest BCUT2D eigenvalue weighted by molar-refractivity contribution is -0.118. The molecule has 3 aromatic rings. The van der Waals surface area contributed by atoms with Gasteiger partial charge >= 0.3 is 5.97 Å². The lowest BCUT2D eigenvalue weighted by atomic mass is 10.1. The van der Waals surface area contributed by atoms with E-state index in [1.54, 1.807) is 25.1 Å². The maximum absolute atomic E-state index is 13.0. The molecule has 0 radical (unpaired) electrons. The van der Waals surface area contributed by atoms with E-state index in [1.165, 1.54) is 7.11 Å². The average molecular weight is 501 g/mol. The van der Waals surface area contributed by atoms with Gasteiger partial charge in [-0.1, -0.05) is 17.7 Å². The summed E-state index contributed by atoms with van der Waals surface area (Å²) >= 11 is 6.95. The maximum Gasteiger partial charge on any atom is 0.341 e. The number of hydrogen-bond acceptors (Lipinski definition) is 6. The van der Waals surface area contributed by atoms with E-state index in [-0.39, 0.29) is 23.1 Å². The predicted octanol–water partition coefficient (Wildman–Crippen LogP) is 5.69. The van der Waals surface area contributed by atoms with Gasteiger partial charge in [-0.3, -0.25) is 9.59 Å². The molecule has 1 aromatic heterocycles. The summed E-state index contributed by atoms with van der Waals surface area (Å²) in [6.07, 6.45) is 0. The van der Waals surface area contributed by atoms with Crippen LogP contribution in [0.1, 0.15) is 42.3 Å². The number of benzene rings is 2. The third-order valence-electron chi connectivity index (χ3n) is 4.97. The third-order valence-corrected chi connectivity index (χ3v) is 6.41. The van der Waals surface area contributed by atoms with Crippen molar-refractivity contribution in [2.75, 3.05) is 24.4 Å². The zero-order chi connectivity index (χ0) is 25.0. The highest BCUT2D eigenvalue weighted by atomic mass is 35.5. The van der Waals surface area contributed by atoms with Crippen LogP contribution in [0.4, 0.5) is 10.7 Å². The molecule has 2 amide bonds. The number of nitrogens with one attached hydrogen (secondary N) is 2. The zero-order valence-electron chi connectivity index (χ0n) is 19.5. The van der Waals surface area contributed by atoms with Gasteiger partial charge in [0.1, 0.15) is 10.8 Å². The fourth-order valence-electron chi connectivity index (χ4n) is 3.48. The second-order valence-corrected chi connectivity index (χ2v) is 9.29. The normalized spacial score (nSPS) is 10.5. The van der Waals surface area contributed by atoms with Crippen LogP contribution in [0, 0.1) is 27.7 Å². The quantitative estimate of drug-likeness (QED) is 0.406. The topological polar surface area (TPSA) is 93.7 Å². The lowest BCUT2D eigenvalue weighted by Crippen LogP contribution is -2.21. The van der Waals surface area contributed by atoms with Crippen LogP contribution in [0.3, 0.4) is 0 Å². The van der Waals surface area contributed by atoms with Crippen LogP contribution in [-0.4, -0.2) is 31.5 Å². The van der Waals surface area contributed by atoms with Gasteiger partial charge in [-0.05, 0) is 80.3 Å². The number of halogens is 1.